The minimum atomic E-state index is -3.72. The lowest BCUT2D eigenvalue weighted by atomic mass is 9.50. The minimum absolute atomic E-state index is 0.162. The number of hydrogen-bond acceptors (Lipinski definition) is 4. The largest absolute Gasteiger partial charge is 0.462 e. The van der Waals surface area contributed by atoms with Crippen molar-refractivity contribution >= 4 is 21.7 Å². The maximum absolute atomic E-state index is 12.8. The van der Waals surface area contributed by atoms with E-state index in [0.717, 1.165) is 23.3 Å². The minimum Gasteiger partial charge on any atom is -0.462 e. The van der Waals surface area contributed by atoms with Gasteiger partial charge in [-0.1, -0.05) is 23.8 Å². The number of aryl methyl sites for hydroxylation is 1. The van der Waals surface area contributed by atoms with Crippen LogP contribution in [0, 0.1) is 30.1 Å². The van der Waals surface area contributed by atoms with Gasteiger partial charge in [-0.05, 0) is 93.5 Å². The molecule has 4 aliphatic carbocycles. The molecular formula is C25H29NO4S. The zero-order valence-electron chi connectivity index (χ0n) is 17.8. The van der Waals surface area contributed by atoms with E-state index in [1.165, 1.54) is 38.5 Å². The molecule has 0 aliphatic heterocycles. The Morgan fingerprint density at radius 3 is 2.23 bits per heavy atom. The summed E-state index contributed by atoms with van der Waals surface area (Å²) < 4.78 is 33.6. The number of nitrogens with one attached hydrogen (secondary N) is 1. The van der Waals surface area contributed by atoms with Gasteiger partial charge in [-0.3, -0.25) is 4.72 Å². The number of hydrogen-bond donors (Lipinski definition) is 1. The van der Waals surface area contributed by atoms with Gasteiger partial charge in [0.05, 0.1) is 17.1 Å². The van der Waals surface area contributed by atoms with Gasteiger partial charge in [-0.25, -0.2) is 13.2 Å². The molecule has 1 N–H and O–H groups in total. The maximum atomic E-state index is 12.8. The lowest BCUT2D eigenvalue weighted by Gasteiger charge is -2.56. The molecule has 6 heteroatoms. The molecular weight excluding hydrogens is 410 g/mol. The van der Waals surface area contributed by atoms with Gasteiger partial charge in [-0.15, -0.1) is 0 Å². The van der Waals surface area contributed by atoms with Gasteiger partial charge in [0, 0.05) is 11.1 Å². The molecule has 164 valence electrons. The van der Waals surface area contributed by atoms with Crippen LogP contribution in [0.1, 0.15) is 54.4 Å². The zero-order chi connectivity index (χ0) is 21.6. The maximum Gasteiger partial charge on any atom is 0.338 e. The summed E-state index contributed by atoms with van der Waals surface area (Å²) in [5.41, 5.74) is 1.87. The van der Waals surface area contributed by atoms with Gasteiger partial charge < -0.3 is 4.74 Å². The van der Waals surface area contributed by atoms with Crippen LogP contribution in [0.25, 0.3) is 0 Å². The van der Waals surface area contributed by atoms with Crippen molar-refractivity contribution in [2.24, 2.45) is 23.2 Å². The van der Waals surface area contributed by atoms with Gasteiger partial charge in [0.1, 0.15) is 0 Å². The number of carbonyl (C=O) groups excluding carboxylic acids is 1. The summed E-state index contributed by atoms with van der Waals surface area (Å²) in [6, 6.07) is 13.2. The van der Waals surface area contributed by atoms with Gasteiger partial charge in [-0.2, -0.15) is 0 Å². The Hall–Kier alpha value is -2.34. The second-order valence-corrected chi connectivity index (χ2v) is 11.7. The average molecular weight is 440 g/mol. The van der Waals surface area contributed by atoms with E-state index in [4.69, 9.17) is 4.74 Å². The molecule has 0 amide bonds. The average Bonchev–Trinajstić information content (AvgIpc) is 2.71. The third kappa shape index (κ3) is 4.22. The first-order chi connectivity index (χ1) is 14.8. The number of benzene rings is 2. The quantitative estimate of drug-likeness (QED) is 0.631. The highest BCUT2D eigenvalue weighted by molar-refractivity contribution is 7.92. The fourth-order valence-electron chi connectivity index (χ4n) is 6.41. The van der Waals surface area contributed by atoms with Crippen LogP contribution < -0.4 is 4.72 Å². The van der Waals surface area contributed by atoms with E-state index in [1.807, 2.05) is 6.92 Å². The number of carbonyl (C=O) groups is 1. The van der Waals surface area contributed by atoms with Crippen LogP contribution in [-0.4, -0.2) is 21.0 Å². The predicted octanol–water partition coefficient (Wildman–Crippen LogP) is 5.17. The molecule has 0 heterocycles. The van der Waals surface area contributed by atoms with Crippen LogP contribution in [-0.2, 0) is 14.8 Å². The highest BCUT2D eigenvalue weighted by atomic mass is 32.2. The summed E-state index contributed by atoms with van der Waals surface area (Å²) in [5, 5.41) is 0. The predicted molar refractivity (Wildman–Crippen MR) is 119 cm³/mol. The Bertz CT molecular complexity index is 1060. The molecule has 4 saturated carbocycles. The Balaban J connectivity index is 1.26. The molecule has 4 bridgehead atoms. The fourth-order valence-corrected chi connectivity index (χ4v) is 7.46. The number of rotatable bonds is 6. The monoisotopic (exact) mass is 439 g/mol. The van der Waals surface area contributed by atoms with Crippen LogP contribution in [0.3, 0.4) is 0 Å². The van der Waals surface area contributed by atoms with Crippen molar-refractivity contribution < 1.29 is 17.9 Å². The number of esters is 1. The molecule has 6 rings (SSSR count). The lowest BCUT2D eigenvalue weighted by molar-refractivity contribution is -0.0848. The molecule has 2 aromatic carbocycles. The summed E-state index contributed by atoms with van der Waals surface area (Å²) in [5.74, 6) is 2.05. The summed E-state index contributed by atoms with van der Waals surface area (Å²) >= 11 is 0. The zero-order valence-corrected chi connectivity index (χ0v) is 18.7. The second kappa shape index (κ2) is 7.66. The van der Waals surface area contributed by atoms with Gasteiger partial charge in [0.25, 0.3) is 10.0 Å². The van der Waals surface area contributed by atoms with Crippen molar-refractivity contribution in [1.29, 1.82) is 0 Å². The lowest BCUT2D eigenvalue weighted by Crippen LogP contribution is -2.48. The molecule has 0 radical (unpaired) electrons. The molecule has 5 nitrogen and oxygen atoms in total. The summed E-state index contributed by atoms with van der Waals surface area (Å²) in [6.45, 7) is 2.39. The van der Waals surface area contributed by atoms with Crippen molar-refractivity contribution in [3.63, 3.8) is 0 Å². The molecule has 0 saturated heterocycles. The van der Waals surface area contributed by atoms with Crippen molar-refractivity contribution in [2.75, 3.05) is 11.3 Å². The molecule has 0 aromatic heterocycles. The molecule has 0 unspecified atom stereocenters. The standard InChI is InChI=1S/C25H29NO4S/c1-17-5-7-23(8-6-17)31(28,29)26-22-4-2-3-21(12-22)24(27)30-16-25-13-18-9-19(14-25)11-20(10-18)15-25/h2-8,12,18-20,26H,9-11,13-16H2,1H3. The Morgan fingerprint density at radius 2 is 1.61 bits per heavy atom. The van der Waals surface area contributed by atoms with Gasteiger partial charge in [0.15, 0.2) is 0 Å². The van der Waals surface area contributed by atoms with Gasteiger partial charge >= 0.3 is 5.97 Å². The summed E-state index contributed by atoms with van der Waals surface area (Å²) in [4.78, 5) is 13.0. The van der Waals surface area contributed by atoms with E-state index in [1.54, 1.807) is 48.5 Å². The summed E-state index contributed by atoms with van der Waals surface area (Å²) in [7, 11) is -3.72. The van der Waals surface area contributed by atoms with Crippen LogP contribution >= 0.6 is 0 Å². The van der Waals surface area contributed by atoms with E-state index >= 15 is 0 Å². The number of anilines is 1. The highest BCUT2D eigenvalue weighted by Gasteiger charge is 2.51. The van der Waals surface area contributed by atoms with Crippen LogP contribution in [0.5, 0.6) is 0 Å². The van der Waals surface area contributed by atoms with Crippen LogP contribution in [0.15, 0.2) is 53.4 Å². The number of sulfonamides is 1. The van der Waals surface area contributed by atoms with E-state index < -0.39 is 10.0 Å². The third-order valence-corrected chi connectivity index (χ3v) is 8.75. The smallest absolute Gasteiger partial charge is 0.338 e. The van der Waals surface area contributed by atoms with Crippen molar-refractivity contribution in [3.05, 3.63) is 59.7 Å². The summed E-state index contributed by atoms with van der Waals surface area (Å²) in [6.07, 6.45) is 7.62. The normalized spacial score (nSPS) is 29.0. The Labute approximate surface area is 184 Å². The fraction of sp³-hybridized carbons (Fsp3) is 0.480. The van der Waals surface area contributed by atoms with Gasteiger partial charge in [0.2, 0.25) is 0 Å². The van der Waals surface area contributed by atoms with E-state index in [2.05, 4.69) is 4.72 Å². The molecule has 31 heavy (non-hydrogen) atoms. The number of ether oxygens (including phenoxy) is 1. The highest BCUT2D eigenvalue weighted by Crippen LogP contribution is 2.60. The van der Waals surface area contributed by atoms with E-state index in [0.29, 0.717) is 17.9 Å². The SMILES string of the molecule is Cc1ccc(S(=O)(=O)Nc2cccc(C(=O)OCC34CC5CC(CC(C5)C3)C4)c2)cc1. The molecule has 2 aromatic rings. The third-order valence-electron chi connectivity index (χ3n) is 7.36. The topological polar surface area (TPSA) is 72.5 Å². The first-order valence-corrected chi connectivity index (χ1v) is 12.7. The second-order valence-electron chi connectivity index (χ2n) is 9.99. The molecule has 4 fully saturated rings. The van der Waals surface area contributed by atoms with Crippen molar-refractivity contribution in [3.8, 4) is 0 Å². The van der Waals surface area contributed by atoms with Crippen molar-refractivity contribution in [1.82, 2.24) is 0 Å². The molecule has 0 spiro atoms. The van der Waals surface area contributed by atoms with E-state index in [9.17, 15) is 13.2 Å². The molecule has 0 atom stereocenters. The first-order valence-electron chi connectivity index (χ1n) is 11.2. The van der Waals surface area contributed by atoms with Crippen LogP contribution in [0.2, 0.25) is 0 Å². The van der Waals surface area contributed by atoms with E-state index in [-0.39, 0.29) is 16.3 Å². The molecule has 4 aliphatic rings. The van der Waals surface area contributed by atoms with Crippen molar-refractivity contribution in [2.45, 2.75) is 50.3 Å². The first kappa shape index (κ1) is 20.6. The Kier molecular flexibility index (Phi) is 5.08. The van der Waals surface area contributed by atoms with Crippen LogP contribution in [0.4, 0.5) is 5.69 Å². The Morgan fingerprint density at radius 1 is 1.00 bits per heavy atom.